The molecule has 1 rings (SSSR count). The smallest absolute Gasteiger partial charge is 0.317 e. The normalized spacial score (nSPS) is 23.6. The van der Waals surface area contributed by atoms with Crippen molar-refractivity contribution in [2.24, 2.45) is 5.92 Å². The topological polar surface area (TPSA) is 83.8 Å². The van der Waals surface area contributed by atoms with E-state index >= 15 is 0 Å². The van der Waals surface area contributed by atoms with Gasteiger partial charge in [-0.25, -0.2) is 0 Å². The van der Waals surface area contributed by atoms with Crippen molar-refractivity contribution in [2.45, 2.75) is 57.7 Å². The minimum atomic E-state index is -0.576. The highest BCUT2D eigenvalue weighted by molar-refractivity contribution is 5.94. The van der Waals surface area contributed by atoms with Crippen LogP contribution in [0.25, 0.3) is 0 Å². The van der Waals surface area contributed by atoms with Crippen molar-refractivity contribution < 1.29 is 24.5 Å². The monoisotopic (exact) mass is 244 g/mol. The van der Waals surface area contributed by atoms with Crippen molar-refractivity contribution in [3.8, 4) is 0 Å². The molecule has 1 aliphatic rings. The first kappa shape index (κ1) is 14.1. The lowest BCUT2D eigenvalue weighted by Crippen LogP contribution is -2.17. The highest BCUT2D eigenvalue weighted by Gasteiger charge is 2.34. The molecule has 5 heteroatoms. The molecule has 17 heavy (non-hydrogen) atoms. The van der Waals surface area contributed by atoms with Gasteiger partial charge in [-0.3, -0.25) is 9.59 Å². The number of carbonyl (C=O) groups is 2. The second-order valence-corrected chi connectivity index (χ2v) is 4.72. The molecule has 1 aliphatic heterocycles. The molecule has 0 bridgehead atoms. The fourth-order valence-electron chi connectivity index (χ4n) is 1.97. The third-order valence-corrected chi connectivity index (χ3v) is 2.93. The summed E-state index contributed by atoms with van der Waals surface area (Å²) in [6.45, 7) is 1.73. The molecule has 1 fully saturated rings. The average molecular weight is 244 g/mol. The molecule has 98 valence electrons. The van der Waals surface area contributed by atoms with Crippen LogP contribution in [0.4, 0.5) is 0 Å². The molecular formula is C12H20O5. The summed E-state index contributed by atoms with van der Waals surface area (Å²) in [4.78, 5) is 22.0. The number of aliphatic hydroxyl groups excluding tert-OH is 2. The van der Waals surface area contributed by atoms with Crippen LogP contribution in [0, 0.1) is 5.92 Å². The van der Waals surface area contributed by atoms with Gasteiger partial charge in [0, 0.05) is 0 Å². The zero-order valence-corrected chi connectivity index (χ0v) is 10.1. The number of carbonyl (C=O) groups excluding carboxylic acids is 2. The SMILES string of the molecule is CC(O)CCCCC(O)CC1CC(=O)OC1=O. The van der Waals surface area contributed by atoms with Crippen LogP contribution in [0.3, 0.4) is 0 Å². The van der Waals surface area contributed by atoms with E-state index in [1.54, 1.807) is 6.92 Å². The number of hydrogen-bond donors (Lipinski definition) is 2. The summed E-state index contributed by atoms with van der Waals surface area (Å²) in [5.41, 5.74) is 0. The van der Waals surface area contributed by atoms with E-state index in [4.69, 9.17) is 5.11 Å². The molecule has 0 amide bonds. The first-order valence-electron chi connectivity index (χ1n) is 6.09. The highest BCUT2D eigenvalue weighted by atomic mass is 16.6. The van der Waals surface area contributed by atoms with Gasteiger partial charge >= 0.3 is 11.9 Å². The third kappa shape index (κ3) is 5.28. The summed E-state index contributed by atoms with van der Waals surface area (Å²) < 4.78 is 4.41. The lowest BCUT2D eigenvalue weighted by Gasteiger charge is -2.12. The zero-order chi connectivity index (χ0) is 12.8. The van der Waals surface area contributed by atoms with Gasteiger partial charge in [-0.05, 0) is 26.2 Å². The number of cyclic esters (lactones) is 2. The van der Waals surface area contributed by atoms with E-state index in [9.17, 15) is 14.7 Å². The number of rotatable bonds is 7. The molecule has 0 spiro atoms. The molecule has 5 nitrogen and oxygen atoms in total. The van der Waals surface area contributed by atoms with Gasteiger partial charge in [0.2, 0.25) is 0 Å². The first-order valence-corrected chi connectivity index (χ1v) is 6.09. The maximum Gasteiger partial charge on any atom is 0.317 e. The Morgan fingerprint density at radius 2 is 1.94 bits per heavy atom. The van der Waals surface area contributed by atoms with Gasteiger partial charge in [0.05, 0.1) is 24.5 Å². The Kier molecular flexibility index (Phi) is 5.58. The summed E-state index contributed by atoms with van der Waals surface area (Å²) in [7, 11) is 0. The minimum absolute atomic E-state index is 0.0869. The van der Waals surface area contributed by atoms with Crippen LogP contribution in [-0.4, -0.2) is 34.4 Å². The molecule has 1 heterocycles. The number of ether oxygens (including phenoxy) is 1. The number of unbranched alkanes of at least 4 members (excludes halogenated alkanes) is 1. The van der Waals surface area contributed by atoms with Crippen LogP contribution in [0.1, 0.15) is 45.4 Å². The van der Waals surface area contributed by atoms with E-state index < -0.39 is 24.0 Å². The van der Waals surface area contributed by atoms with Crippen molar-refractivity contribution in [2.75, 3.05) is 0 Å². The highest BCUT2D eigenvalue weighted by Crippen LogP contribution is 2.22. The lowest BCUT2D eigenvalue weighted by atomic mass is 9.96. The fraction of sp³-hybridized carbons (Fsp3) is 0.833. The summed E-state index contributed by atoms with van der Waals surface area (Å²) in [6.07, 6.45) is 2.45. The Bertz CT molecular complexity index is 274. The van der Waals surface area contributed by atoms with E-state index in [2.05, 4.69) is 4.74 Å². The van der Waals surface area contributed by atoms with E-state index in [1.165, 1.54) is 0 Å². The van der Waals surface area contributed by atoms with Gasteiger partial charge < -0.3 is 14.9 Å². The van der Waals surface area contributed by atoms with Crippen LogP contribution >= 0.6 is 0 Å². The number of aliphatic hydroxyl groups is 2. The maximum atomic E-state index is 11.2. The van der Waals surface area contributed by atoms with Gasteiger partial charge in [0.25, 0.3) is 0 Å². The summed E-state index contributed by atoms with van der Waals surface area (Å²) >= 11 is 0. The molecule has 0 radical (unpaired) electrons. The van der Waals surface area contributed by atoms with Crippen LogP contribution in [0.5, 0.6) is 0 Å². The number of esters is 2. The van der Waals surface area contributed by atoms with Gasteiger partial charge in [-0.2, -0.15) is 0 Å². The van der Waals surface area contributed by atoms with Crippen molar-refractivity contribution in [1.29, 1.82) is 0 Å². The van der Waals surface area contributed by atoms with E-state index in [-0.39, 0.29) is 12.5 Å². The fourth-order valence-corrected chi connectivity index (χ4v) is 1.97. The van der Waals surface area contributed by atoms with Gasteiger partial charge in [-0.15, -0.1) is 0 Å². The van der Waals surface area contributed by atoms with E-state index in [0.29, 0.717) is 12.8 Å². The predicted octanol–water partition coefficient (Wildman–Crippen LogP) is 0.768. The maximum absolute atomic E-state index is 11.2. The van der Waals surface area contributed by atoms with Crippen molar-refractivity contribution in [1.82, 2.24) is 0 Å². The van der Waals surface area contributed by atoms with Crippen molar-refractivity contribution >= 4 is 11.9 Å². The van der Waals surface area contributed by atoms with Crippen LogP contribution in [0.15, 0.2) is 0 Å². The minimum Gasteiger partial charge on any atom is -0.393 e. The second-order valence-electron chi connectivity index (χ2n) is 4.72. The Morgan fingerprint density at radius 3 is 2.47 bits per heavy atom. The number of hydrogen-bond acceptors (Lipinski definition) is 5. The molecular weight excluding hydrogens is 224 g/mol. The molecule has 1 saturated heterocycles. The standard InChI is InChI=1S/C12H20O5/c1-8(13)4-2-3-5-10(14)6-9-7-11(15)17-12(9)16/h8-10,13-14H,2-7H2,1H3. The summed E-state index contributed by atoms with van der Waals surface area (Å²) in [6, 6.07) is 0. The van der Waals surface area contributed by atoms with Gasteiger partial charge in [0.1, 0.15) is 0 Å². The molecule has 3 unspecified atom stereocenters. The van der Waals surface area contributed by atoms with Crippen molar-refractivity contribution in [3.05, 3.63) is 0 Å². The van der Waals surface area contributed by atoms with E-state index in [0.717, 1.165) is 19.3 Å². The first-order chi connectivity index (χ1) is 7.99. The zero-order valence-electron chi connectivity index (χ0n) is 10.1. The molecule has 0 aliphatic carbocycles. The van der Waals surface area contributed by atoms with Gasteiger partial charge in [-0.1, -0.05) is 12.8 Å². The largest absolute Gasteiger partial charge is 0.393 e. The molecule has 0 saturated carbocycles. The predicted molar refractivity (Wildman–Crippen MR) is 60.0 cm³/mol. The molecule has 0 aromatic rings. The second kappa shape index (κ2) is 6.71. The van der Waals surface area contributed by atoms with Crippen LogP contribution in [-0.2, 0) is 14.3 Å². The Labute approximate surface area is 101 Å². The lowest BCUT2D eigenvalue weighted by molar-refractivity contribution is -0.153. The molecule has 0 aromatic carbocycles. The Morgan fingerprint density at radius 1 is 1.29 bits per heavy atom. The van der Waals surface area contributed by atoms with Crippen molar-refractivity contribution in [3.63, 3.8) is 0 Å². The molecule has 3 atom stereocenters. The average Bonchev–Trinajstić information content (AvgIpc) is 2.52. The Balaban J connectivity index is 2.14. The quantitative estimate of drug-likeness (QED) is 0.392. The molecule has 2 N–H and O–H groups in total. The summed E-state index contributed by atoms with van der Waals surface area (Å²) in [5, 5.41) is 18.7. The third-order valence-electron chi connectivity index (χ3n) is 2.93. The Hall–Kier alpha value is -0.940. The van der Waals surface area contributed by atoms with E-state index in [1.807, 2.05) is 0 Å². The summed E-state index contributed by atoms with van der Waals surface area (Å²) in [5.74, 6) is -1.49. The molecule has 0 aromatic heterocycles. The van der Waals surface area contributed by atoms with Crippen LogP contribution < -0.4 is 0 Å². The van der Waals surface area contributed by atoms with Gasteiger partial charge in [0.15, 0.2) is 0 Å². The van der Waals surface area contributed by atoms with Crippen LogP contribution in [0.2, 0.25) is 0 Å².